The molecule has 0 radical (unpaired) electrons. The lowest BCUT2D eigenvalue weighted by Gasteiger charge is -2.24. The third kappa shape index (κ3) is 5.52. The van der Waals surface area contributed by atoms with E-state index in [2.05, 4.69) is 0 Å². The normalized spacial score (nSPS) is 12.7. The van der Waals surface area contributed by atoms with E-state index < -0.39 is 13.4 Å². The molecule has 1 unspecified atom stereocenters. The summed E-state index contributed by atoms with van der Waals surface area (Å²) in [5.41, 5.74) is 2.09. The highest BCUT2D eigenvalue weighted by Crippen LogP contribution is 2.60. The quantitative estimate of drug-likeness (QED) is 0.472. The van der Waals surface area contributed by atoms with Crippen LogP contribution in [0.3, 0.4) is 0 Å². The number of hydrogen-bond donors (Lipinski definition) is 1. The predicted octanol–water partition coefficient (Wildman–Crippen LogP) is 5.96. The molecule has 4 nitrogen and oxygen atoms in total. The molecule has 0 aliphatic heterocycles. The summed E-state index contributed by atoms with van der Waals surface area (Å²) >= 11 is 5.90. The summed E-state index contributed by atoms with van der Waals surface area (Å²) in [4.78, 5) is 0. The highest BCUT2D eigenvalue weighted by atomic mass is 35.5. The fourth-order valence-electron chi connectivity index (χ4n) is 2.47. The van der Waals surface area contributed by atoms with E-state index in [9.17, 15) is 9.67 Å². The van der Waals surface area contributed by atoms with Crippen molar-refractivity contribution in [2.24, 2.45) is 0 Å². The summed E-state index contributed by atoms with van der Waals surface area (Å²) in [7, 11) is -3.87. The Balaban J connectivity index is 1.80. The topological polar surface area (TPSA) is 55.8 Å². The summed E-state index contributed by atoms with van der Waals surface area (Å²) in [6.07, 6.45) is 0. The number of hydrogen-bond acceptors (Lipinski definition) is 4. The van der Waals surface area contributed by atoms with Gasteiger partial charge >= 0.3 is 7.60 Å². The van der Waals surface area contributed by atoms with Crippen molar-refractivity contribution in [1.82, 2.24) is 0 Å². The van der Waals surface area contributed by atoms with Crippen LogP contribution in [0.25, 0.3) is 0 Å². The number of benzene rings is 3. The molecule has 3 aromatic carbocycles. The van der Waals surface area contributed by atoms with Gasteiger partial charge in [0, 0.05) is 5.02 Å². The van der Waals surface area contributed by atoms with Crippen molar-refractivity contribution >= 4 is 19.2 Å². The minimum absolute atomic E-state index is 0.0670. The third-order valence-corrected chi connectivity index (χ3v) is 6.10. The first kappa shape index (κ1) is 19.8. The first-order valence-electron chi connectivity index (χ1n) is 8.47. The molecule has 0 spiro atoms. The Bertz CT molecular complexity index is 838. The molecule has 0 saturated heterocycles. The van der Waals surface area contributed by atoms with Crippen molar-refractivity contribution < 1.29 is 18.7 Å². The van der Waals surface area contributed by atoms with Gasteiger partial charge in [-0.05, 0) is 28.8 Å². The van der Waals surface area contributed by atoms with Gasteiger partial charge in [0.15, 0.2) is 5.85 Å². The molecule has 0 heterocycles. The minimum Gasteiger partial charge on any atom is -0.376 e. The van der Waals surface area contributed by atoms with Crippen molar-refractivity contribution in [1.29, 1.82) is 0 Å². The van der Waals surface area contributed by atoms with Gasteiger partial charge in [0.2, 0.25) is 0 Å². The van der Waals surface area contributed by atoms with E-state index in [0.717, 1.165) is 11.1 Å². The molecule has 140 valence electrons. The van der Waals surface area contributed by atoms with Crippen LogP contribution in [0, 0.1) is 0 Å². The fourth-order valence-corrected chi connectivity index (χ4v) is 4.15. The van der Waals surface area contributed by atoms with E-state index in [0.29, 0.717) is 10.6 Å². The van der Waals surface area contributed by atoms with Gasteiger partial charge in [-0.1, -0.05) is 84.4 Å². The lowest BCUT2D eigenvalue weighted by Crippen LogP contribution is -2.06. The Morgan fingerprint density at radius 1 is 0.778 bits per heavy atom. The summed E-state index contributed by atoms with van der Waals surface area (Å²) in [6, 6.07) is 25.1. The van der Waals surface area contributed by atoms with Crippen molar-refractivity contribution in [3.63, 3.8) is 0 Å². The number of rotatable bonds is 8. The molecule has 0 aliphatic carbocycles. The van der Waals surface area contributed by atoms with Crippen LogP contribution in [0.2, 0.25) is 5.02 Å². The van der Waals surface area contributed by atoms with Crippen molar-refractivity contribution in [3.05, 3.63) is 107 Å². The van der Waals surface area contributed by atoms with Gasteiger partial charge in [-0.3, -0.25) is 4.57 Å². The maximum Gasteiger partial charge on any atom is 0.364 e. The van der Waals surface area contributed by atoms with Gasteiger partial charge in [-0.15, -0.1) is 0 Å². The number of aliphatic hydroxyl groups excluding tert-OH is 1. The Kier molecular flexibility index (Phi) is 6.84. The van der Waals surface area contributed by atoms with Gasteiger partial charge in [-0.2, -0.15) is 0 Å². The van der Waals surface area contributed by atoms with Crippen LogP contribution >= 0.6 is 19.2 Å². The molecular weight excluding hydrogens is 383 g/mol. The van der Waals surface area contributed by atoms with E-state index in [1.807, 2.05) is 60.7 Å². The molecule has 3 aromatic rings. The van der Waals surface area contributed by atoms with Crippen LogP contribution < -0.4 is 0 Å². The van der Waals surface area contributed by atoms with Gasteiger partial charge in [0.1, 0.15) is 0 Å². The summed E-state index contributed by atoms with van der Waals surface area (Å²) in [5.74, 6) is -1.41. The number of aliphatic hydroxyl groups is 1. The zero-order valence-electron chi connectivity index (χ0n) is 14.6. The monoisotopic (exact) mass is 402 g/mol. The second kappa shape index (κ2) is 9.32. The van der Waals surface area contributed by atoms with Crippen LogP contribution in [-0.2, 0) is 26.8 Å². The first-order valence-corrected chi connectivity index (χ1v) is 10.5. The summed E-state index contributed by atoms with van der Waals surface area (Å²) < 4.78 is 24.7. The van der Waals surface area contributed by atoms with Crippen molar-refractivity contribution in [3.8, 4) is 0 Å². The predicted molar refractivity (Wildman–Crippen MR) is 106 cm³/mol. The van der Waals surface area contributed by atoms with Crippen LogP contribution in [0.4, 0.5) is 0 Å². The fraction of sp³-hybridized carbons (Fsp3) is 0.143. The molecule has 0 fully saturated rings. The standard InChI is InChI=1S/C21H20ClO4P/c22-20-13-11-19(12-14-20)21(23)27(24,25-15-17-7-3-1-4-8-17)26-16-18-9-5-2-6-10-18/h1-14,21,23H,15-16H2. The molecule has 1 N–H and O–H groups in total. The van der Waals surface area contributed by atoms with E-state index >= 15 is 0 Å². The molecular formula is C21H20ClO4P. The first-order chi connectivity index (χ1) is 13.1. The van der Waals surface area contributed by atoms with E-state index in [1.165, 1.54) is 0 Å². The van der Waals surface area contributed by atoms with Crippen LogP contribution in [0.1, 0.15) is 22.5 Å². The SMILES string of the molecule is O=P(OCc1ccccc1)(OCc1ccccc1)C(O)c1ccc(Cl)cc1. The zero-order valence-corrected chi connectivity index (χ0v) is 16.2. The highest BCUT2D eigenvalue weighted by molar-refractivity contribution is 7.54. The molecule has 0 saturated carbocycles. The van der Waals surface area contributed by atoms with E-state index in [1.54, 1.807) is 24.3 Å². The van der Waals surface area contributed by atoms with Gasteiger partial charge in [0.25, 0.3) is 0 Å². The largest absolute Gasteiger partial charge is 0.376 e. The Morgan fingerprint density at radius 3 is 1.67 bits per heavy atom. The number of halogens is 1. The Hall–Kier alpha value is -1.94. The maximum absolute atomic E-state index is 13.4. The second-order valence-corrected chi connectivity index (χ2v) is 8.50. The highest BCUT2D eigenvalue weighted by Gasteiger charge is 2.36. The molecule has 0 bridgehead atoms. The average molecular weight is 403 g/mol. The molecule has 0 aromatic heterocycles. The summed E-state index contributed by atoms with van der Waals surface area (Å²) in [5, 5.41) is 11.3. The molecule has 1 atom stereocenters. The smallest absolute Gasteiger partial charge is 0.364 e. The molecule has 3 rings (SSSR count). The minimum atomic E-state index is -3.87. The Labute approximate surface area is 163 Å². The third-order valence-electron chi connectivity index (χ3n) is 3.98. The van der Waals surface area contributed by atoms with Gasteiger partial charge < -0.3 is 14.2 Å². The van der Waals surface area contributed by atoms with Crippen molar-refractivity contribution in [2.75, 3.05) is 0 Å². The van der Waals surface area contributed by atoms with Crippen molar-refractivity contribution in [2.45, 2.75) is 19.1 Å². The van der Waals surface area contributed by atoms with Crippen LogP contribution in [-0.4, -0.2) is 5.11 Å². The van der Waals surface area contributed by atoms with Crippen LogP contribution in [0.15, 0.2) is 84.9 Å². The zero-order chi connectivity index (χ0) is 19.1. The average Bonchev–Trinajstić information content (AvgIpc) is 2.72. The Morgan fingerprint density at radius 2 is 1.22 bits per heavy atom. The lowest BCUT2D eigenvalue weighted by atomic mass is 10.2. The lowest BCUT2D eigenvalue weighted by molar-refractivity contribution is 0.133. The molecule has 27 heavy (non-hydrogen) atoms. The van der Waals surface area contributed by atoms with E-state index in [-0.39, 0.29) is 13.2 Å². The molecule has 6 heteroatoms. The second-order valence-electron chi connectivity index (χ2n) is 5.98. The molecule has 0 aliphatic rings. The van der Waals surface area contributed by atoms with E-state index in [4.69, 9.17) is 20.6 Å². The van der Waals surface area contributed by atoms with Crippen LogP contribution in [0.5, 0.6) is 0 Å². The summed E-state index contributed by atoms with van der Waals surface area (Å²) in [6.45, 7) is 0.134. The maximum atomic E-state index is 13.4. The van der Waals surface area contributed by atoms with Gasteiger partial charge in [0.05, 0.1) is 13.2 Å². The van der Waals surface area contributed by atoms with Gasteiger partial charge in [-0.25, -0.2) is 0 Å². The molecule has 0 amide bonds.